The van der Waals surface area contributed by atoms with Gasteiger partial charge in [0.15, 0.2) is 0 Å². The summed E-state index contributed by atoms with van der Waals surface area (Å²) in [6, 6.07) is 0. The molecule has 0 aromatic carbocycles. The Morgan fingerprint density at radius 3 is 2.65 bits per heavy atom. The van der Waals surface area contributed by atoms with Gasteiger partial charge in [-0.15, -0.1) is 0 Å². The molecule has 4 nitrogen and oxygen atoms in total. The van der Waals surface area contributed by atoms with E-state index in [4.69, 9.17) is 9.47 Å². The Morgan fingerprint density at radius 1 is 1.50 bits per heavy atom. The summed E-state index contributed by atoms with van der Waals surface area (Å²) in [6.07, 6.45) is 3.13. The van der Waals surface area contributed by atoms with Crippen molar-refractivity contribution in [2.45, 2.75) is 63.9 Å². The van der Waals surface area contributed by atoms with Crippen molar-refractivity contribution >= 4 is 0 Å². The van der Waals surface area contributed by atoms with Crippen molar-refractivity contribution in [1.29, 1.82) is 0 Å². The summed E-state index contributed by atoms with van der Waals surface area (Å²) in [5.74, 6) is 0.0878. The second kappa shape index (κ2) is 6.14. The Labute approximate surface area is 121 Å². The highest BCUT2D eigenvalue weighted by Gasteiger charge is 2.60. The fraction of sp³-hybridized carbons (Fsp3) is 0.875. The molecule has 0 aromatic rings. The summed E-state index contributed by atoms with van der Waals surface area (Å²) in [7, 11) is 1.64. The zero-order chi connectivity index (χ0) is 14.9. The van der Waals surface area contributed by atoms with Gasteiger partial charge in [0.25, 0.3) is 0 Å². The monoisotopic (exact) mass is 284 g/mol. The molecule has 1 aliphatic carbocycles. The fourth-order valence-corrected chi connectivity index (χ4v) is 3.58. The highest BCUT2D eigenvalue weighted by molar-refractivity contribution is 5.09. The second-order valence-electron chi connectivity index (χ2n) is 6.63. The second-order valence-corrected chi connectivity index (χ2v) is 6.63. The largest absolute Gasteiger partial charge is 0.393 e. The van der Waals surface area contributed by atoms with Crippen molar-refractivity contribution in [3.8, 4) is 0 Å². The molecular weight excluding hydrogens is 256 g/mol. The quantitative estimate of drug-likeness (QED) is 0.598. The van der Waals surface area contributed by atoms with Crippen LogP contribution in [0, 0.1) is 11.8 Å². The van der Waals surface area contributed by atoms with Gasteiger partial charge in [-0.25, -0.2) is 0 Å². The maximum atomic E-state index is 10.4. The van der Waals surface area contributed by atoms with Crippen LogP contribution in [0.4, 0.5) is 0 Å². The minimum Gasteiger partial charge on any atom is -0.393 e. The molecule has 1 aliphatic heterocycles. The van der Waals surface area contributed by atoms with Gasteiger partial charge in [-0.1, -0.05) is 18.6 Å². The zero-order valence-electron chi connectivity index (χ0n) is 13.0. The van der Waals surface area contributed by atoms with E-state index in [9.17, 15) is 10.2 Å². The van der Waals surface area contributed by atoms with E-state index in [1.165, 1.54) is 5.57 Å². The Morgan fingerprint density at radius 2 is 2.15 bits per heavy atom. The van der Waals surface area contributed by atoms with Crippen molar-refractivity contribution in [2.24, 2.45) is 11.8 Å². The number of rotatable bonds is 5. The van der Waals surface area contributed by atoms with Gasteiger partial charge in [0.05, 0.1) is 30.5 Å². The van der Waals surface area contributed by atoms with Crippen LogP contribution in [-0.2, 0) is 9.47 Å². The first kappa shape index (κ1) is 16.0. The summed E-state index contributed by atoms with van der Waals surface area (Å²) < 4.78 is 11.2. The number of epoxide rings is 1. The standard InChI is InChI=1S/C16H28O4/c1-10(2)5-6-12(17)11(3)14-15(19-4)13(18)7-8-16(14)9-20-16/h5,11-15,17-18H,6-9H2,1-4H3. The first-order valence-electron chi connectivity index (χ1n) is 7.57. The van der Waals surface area contributed by atoms with E-state index in [0.29, 0.717) is 12.8 Å². The molecule has 0 radical (unpaired) electrons. The lowest BCUT2D eigenvalue weighted by Crippen LogP contribution is -2.53. The van der Waals surface area contributed by atoms with Gasteiger partial charge in [-0.2, -0.15) is 0 Å². The summed E-state index contributed by atoms with van der Waals surface area (Å²) in [5, 5.41) is 20.6. The Hall–Kier alpha value is -0.420. The summed E-state index contributed by atoms with van der Waals surface area (Å²) >= 11 is 0. The number of hydrogen-bond donors (Lipinski definition) is 2. The first-order chi connectivity index (χ1) is 9.41. The third-order valence-electron chi connectivity index (χ3n) is 4.93. The number of hydrogen-bond acceptors (Lipinski definition) is 4. The van der Waals surface area contributed by atoms with Crippen LogP contribution in [0.3, 0.4) is 0 Å². The van der Waals surface area contributed by atoms with E-state index in [1.54, 1.807) is 7.11 Å². The molecule has 2 N–H and O–H groups in total. The number of aliphatic hydroxyl groups is 2. The Bertz CT molecular complexity index is 357. The van der Waals surface area contributed by atoms with Crippen molar-refractivity contribution in [2.75, 3.05) is 13.7 Å². The van der Waals surface area contributed by atoms with E-state index >= 15 is 0 Å². The van der Waals surface area contributed by atoms with Gasteiger partial charge in [0.1, 0.15) is 0 Å². The summed E-state index contributed by atoms with van der Waals surface area (Å²) in [5.41, 5.74) is 1.03. The van der Waals surface area contributed by atoms with Gasteiger partial charge in [0, 0.05) is 13.0 Å². The lowest BCUT2D eigenvalue weighted by molar-refractivity contribution is -0.125. The minimum atomic E-state index is -0.460. The molecule has 1 heterocycles. The highest BCUT2D eigenvalue weighted by atomic mass is 16.6. The maximum Gasteiger partial charge on any atom is 0.0974 e. The van der Waals surface area contributed by atoms with Crippen molar-refractivity contribution in [3.05, 3.63) is 11.6 Å². The van der Waals surface area contributed by atoms with Gasteiger partial charge < -0.3 is 19.7 Å². The highest BCUT2D eigenvalue weighted by Crippen LogP contribution is 2.50. The van der Waals surface area contributed by atoms with Crippen LogP contribution in [0.2, 0.25) is 0 Å². The topological polar surface area (TPSA) is 62.2 Å². The molecule has 6 atom stereocenters. The smallest absolute Gasteiger partial charge is 0.0974 e. The molecule has 20 heavy (non-hydrogen) atoms. The number of aliphatic hydroxyl groups excluding tert-OH is 2. The summed E-state index contributed by atoms with van der Waals surface area (Å²) in [6.45, 7) is 6.84. The van der Waals surface area contributed by atoms with E-state index in [1.807, 2.05) is 20.8 Å². The normalized spacial score (nSPS) is 39.4. The summed E-state index contributed by atoms with van der Waals surface area (Å²) in [4.78, 5) is 0. The number of ether oxygens (including phenoxy) is 2. The van der Waals surface area contributed by atoms with E-state index in [0.717, 1.165) is 13.0 Å². The first-order valence-corrected chi connectivity index (χ1v) is 7.57. The third-order valence-corrected chi connectivity index (χ3v) is 4.93. The van der Waals surface area contributed by atoms with E-state index < -0.39 is 12.2 Å². The Kier molecular flexibility index (Phi) is 4.90. The van der Waals surface area contributed by atoms with Gasteiger partial charge in [-0.05, 0) is 39.0 Å². The van der Waals surface area contributed by atoms with Crippen LogP contribution in [-0.4, -0.2) is 47.8 Å². The number of methoxy groups -OCH3 is 1. The van der Waals surface area contributed by atoms with Crippen LogP contribution < -0.4 is 0 Å². The van der Waals surface area contributed by atoms with Crippen LogP contribution in [0.15, 0.2) is 11.6 Å². The van der Waals surface area contributed by atoms with Gasteiger partial charge >= 0.3 is 0 Å². The predicted molar refractivity (Wildman–Crippen MR) is 77.4 cm³/mol. The van der Waals surface area contributed by atoms with Crippen molar-refractivity contribution < 1.29 is 19.7 Å². The minimum absolute atomic E-state index is 0.0352. The zero-order valence-corrected chi connectivity index (χ0v) is 13.0. The SMILES string of the molecule is COC1C(O)CCC2(CO2)C1C(C)C(O)CC=C(C)C. The average molecular weight is 284 g/mol. The molecule has 1 spiro atoms. The van der Waals surface area contributed by atoms with Gasteiger partial charge in [0.2, 0.25) is 0 Å². The van der Waals surface area contributed by atoms with Crippen LogP contribution >= 0.6 is 0 Å². The molecule has 2 fully saturated rings. The average Bonchev–Trinajstić information content (AvgIpc) is 3.18. The van der Waals surface area contributed by atoms with E-state index in [2.05, 4.69) is 6.08 Å². The molecule has 1 saturated heterocycles. The number of allylic oxidation sites excluding steroid dienone is 1. The van der Waals surface area contributed by atoms with Crippen LogP contribution in [0.25, 0.3) is 0 Å². The maximum absolute atomic E-state index is 10.4. The lowest BCUT2D eigenvalue weighted by Gasteiger charge is -2.43. The van der Waals surface area contributed by atoms with Gasteiger partial charge in [-0.3, -0.25) is 0 Å². The molecule has 0 aromatic heterocycles. The fourth-order valence-electron chi connectivity index (χ4n) is 3.58. The molecule has 0 bridgehead atoms. The molecule has 116 valence electrons. The van der Waals surface area contributed by atoms with E-state index in [-0.39, 0.29) is 23.5 Å². The lowest BCUT2D eigenvalue weighted by atomic mass is 9.68. The third kappa shape index (κ3) is 3.08. The molecular formula is C16H28O4. The molecule has 2 aliphatic rings. The van der Waals surface area contributed by atoms with Crippen LogP contribution in [0.5, 0.6) is 0 Å². The van der Waals surface area contributed by atoms with Crippen LogP contribution in [0.1, 0.15) is 40.0 Å². The predicted octanol–water partition coefficient (Wildman–Crippen LogP) is 1.89. The molecule has 2 rings (SSSR count). The molecule has 4 heteroatoms. The molecule has 0 amide bonds. The van der Waals surface area contributed by atoms with Crippen molar-refractivity contribution in [3.63, 3.8) is 0 Å². The Balaban J connectivity index is 2.11. The molecule has 6 unspecified atom stereocenters. The molecule has 1 saturated carbocycles. The van der Waals surface area contributed by atoms with Crippen molar-refractivity contribution in [1.82, 2.24) is 0 Å².